The average Bonchev–Trinajstić information content (AvgIpc) is 3.32. The fourth-order valence-corrected chi connectivity index (χ4v) is 3.29. The molecule has 8 heteroatoms. The van der Waals surface area contributed by atoms with Crippen molar-refractivity contribution in [3.63, 3.8) is 0 Å². The van der Waals surface area contributed by atoms with Gasteiger partial charge in [0, 0.05) is 0 Å². The maximum Gasteiger partial charge on any atom is 0.316 e. The second-order valence-corrected chi connectivity index (χ2v) is 6.51. The maximum absolute atomic E-state index is 13.5. The molecule has 2 aromatic carbocycles. The molecule has 0 saturated heterocycles. The number of thiazole rings is 1. The first-order valence-corrected chi connectivity index (χ1v) is 8.65. The molecule has 0 fully saturated rings. The Labute approximate surface area is 156 Å². The van der Waals surface area contributed by atoms with Gasteiger partial charge in [0.2, 0.25) is 5.13 Å². The third-order valence-corrected chi connectivity index (χ3v) is 4.63. The lowest BCUT2D eigenvalue weighted by molar-refractivity contribution is 0.0961. The van der Waals surface area contributed by atoms with Crippen molar-refractivity contribution in [3.05, 3.63) is 83.8 Å². The van der Waals surface area contributed by atoms with E-state index in [9.17, 15) is 13.6 Å². The van der Waals surface area contributed by atoms with Gasteiger partial charge in [0.15, 0.2) is 5.76 Å². The molecule has 5 nitrogen and oxygen atoms in total. The number of anilines is 1. The molecule has 0 spiro atoms. The van der Waals surface area contributed by atoms with Crippen molar-refractivity contribution in [1.29, 1.82) is 0 Å². The zero-order chi connectivity index (χ0) is 18.8. The number of furan rings is 1. The lowest BCUT2D eigenvalue weighted by Gasteiger charge is -2.11. The third kappa shape index (κ3) is 3.61. The molecule has 0 bridgehead atoms. The number of halogens is 2. The normalized spacial score (nSPS) is 11.3. The number of amides is 1. The summed E-state index contributed by atoms with van der Waals surface area (Å²) in [7, 11) is 0. The van der Waals surface area contributed by atoms with Gasteiger partial charge in [0.25, 0.3) is 0 Å². The predicted molar refractivity (Wildman–Crippen MR) is 99.1 cm³/mol. The summed E-state index contributed by atoms with van der Waals surface area (Å²) >= 11 is 1.12. The third-order valence-electron chi connectivity index (χ3n) is 3.64. The Hall–Kier alpha value is -3.39. The van der Waals surface area contributed by atoms with Crippen LogP contribution in [0.5, 0.6) is 0 Å². The highest BCUT2D eigenvalue weighted by Crippen LogP contribution is 2.30. The summed E-state index contributed by atoms with van der Waals surface area (Å²) in [6, 6.07) is 12.9. The number of hydrogen-bond donors (Lipinski definition) is 0. The van der Waals surface area contributed by atoms with Gasteiger partial charge in [-0.25, -0.2) is 13.8 Å². The summed E-state index contributed by atoms with van der Waals surface area (Å²) in [5, 5.41) is 5.53. The van der Waals surface area contributed by atoms with Gasteiger partial charge in [-0.1, -0.05) is 23.5 Å². The summed E-state index contributed by atoms with van der Waals surface area (Å²) in [4.78, 5) is 17.1. The smallest absolute Gasteiger partial charge is 0.316 e. The molecule has 27 heavy (non-hydrogen) atoms. The van der Waals surface area contributed by atoms with Crippen LogP contribution in [-0.2, 0) is 0 Å². The Morgan fingerprint density at radius 3 is 2.63 bits per heavy atom. The quantitative estimate of drug-likeness (QED) is 0.374. The second-order valence-electron chi connectivity index (χ2n) is 5.50. The molecule has 1 amide bonds. The Morgan fingerprint density at radius 1 is 1.11 bits per heavy atom. The number of rotatable bonds is 4. The fourth-order valence-electron chi connectivity index (χ4n) is 2.34. The zero-order valence-corrected chi connectivity index (χ0v) is 14.5. The summed E-state index contributed by atoms with van der Waals surface area (Å²) in [6.45, 7) is 0. The molecule has 0 aliphatic carbocycles. The van der Waals surface area contributed by atoms with E-state index < -0.39 is 11.7 Å². The number of aromatic nitrogens is 1. The van der Waals surface area contributed by atoms with E-state index in [4.69, 9.17) is 4.42 Å². The Kier molecular flexibility index (Phi) is 4.47. The van der Waals surface area contributed by atoms with Crippen molar-refractivity contribution in [2.24, 2.45) is 5.10 Å². The van der Waals surface area contributed by atoms with Crippen molar-refractivity contribution in [2.75, 3.05) is 5.01 Å². The van der Waals surface area contributed by atoms with Crippen molar-refractivity contribution in [1.82, 2.24) is 4.98 Å². The van der Waals surface area contributed by atoms with E-state index >= 15 is 0 Å². The van der Waals surface area contributed by atoms with E-state index in [1.807, 2.05) is 0 Å². The minimum absolute atomic E-state index is 0.0803. The molecule has 2 aromatic heterocycles. The van der Waals surface area contributed by atoms with Gasteiger partial charge in [-0.15, -0.1) is 0 Å². The molecule has 0 atom stereocenters. The van der Waals surface area contributed by atoms with Crippen LogP contribution in [0.25, 0.3) is 10.2 Å². The van der Waals surface area contributed by atoms with Crippen molar-refractivity contribution < 1.29 is 18.0 Å². The Bertz CT molecular complexity index is 1120. The van der Waals surface area contributed by atoms with E-state index in [2.05, 4.69) is 10.1 Å². The lowest BCUT2D eigenvalue weighted by Crippen LogP contribution is -2.25. The SMILES string of the molecule is O=C(c1ccco1)N(/N=C\c1ccc(F)cc1)c1nc2ccc(F)cc2s1. The van der Waals surface area contributed by atoms with Crippen molar-refractivity contribution in [2.45, 2.75) is 0 Å². The number of carbonyl (C=O) groups is 1. The van der Waals surface area contributed by atoms with Crippen LogP contribution in [0.1, 0.15) is 16.1 Å². The second kappa shape index (κ2) is 7.08. The van der Waals surface area contributed by atoms with Gasteiger partial charge >= 0.3 is 5.91 Å². The molecule has 0 aliphatic rings. The molecule has 4 rings (SSSR count). The van der Waals surface area contributed by atoms with Crippen LogP contribution in [0, 0.1) is 11.6 Å². The molecule has 0 N–H and O–H groups in total. The molecule has 134 valence electrons. The maximum atomic E-state index is 13.5. The first-order chi connectivity index (χ1) is 13.1. The predicted octanol–water partition coefficient (Wildman–Crippen LogP) is 4.85. The summed E-state index contributed by atoms with van der Waals surface area (Å²) in [5.41, 5.74) is 1.14. The number of hydrogen-bond acceptors (Lipinski definition) is 5. The molecular formula is C19H11F2N3O2S. The summed E-state index contributed by atoms with van der Waals surface area (Å²) < 4.78 is 32.3. The number of hydrazone groups is 1. The molecule has 2 heterocycles. The molecule has 0 unspecified atom stereocenters. The molecule has 0 aliphatic heterocycles. The first-order valence-electron chi connectivity index (χ1n) is 7.84. The van der Waals surface area contributed by atoms with E-state index in [1.54, 1.807) is 6.07 Å². The number of fused-ring (bicyclic) bond motifs is 1. The number of benzene rings is 2. The zero-order valence-electron chi connectivity index (χ0n) is 13.7. The number of nitrogens with zero attached hydrogens (tertiary/aromatic N) is 3. The highest BCUT2D eigenvalue weighted by molar-refractivity contribution is 7.22. The highest BCUT2D eigenvalue weighted by Gasteiger charge is 2.23. The highest BCUT2D eigenvalue weighted by atomic mass is 32.1. The monoisotopic (exact) mass is 383 g/mol. The first kappa shape index (κ1) is 17.0. The minimum Gasteiger partial charge on any atom is -0.459 e. The van der Waals surface area contributed by atoms with Gasteiger partial charge in [0.05, 0.1) is 22.7 Å². The topological polar surface area (TPSA) is 58.7 Å². The summed E-state index contributed by atoms with van der Waals surface area (Å²) in [5.74, 6) is -1.21. The van der Waals surface area contributed by atoms with E-state index in [-0.39, 0.29) is 16.7 Å². The Morgan fingerprint density at radius 2 is 1.89 bits per heavy atom. The van der Waals surface area contributed by atoms with Crippen LogP contribution in [0.2, 0.25) is 0 Å². The number of carbonyl (C=O) groups excluding carboxylic acids is 1. The molecule has 0 saturated carbocycles. The van der Waals surface area contributed by atoms with Gasteiger partial charge in [-0.2, -0.15) is 10.1 Å². The average molecular weight is 383 g/mol. The standard InChI is InChI=1S/C19H11F2N3O2S/c20-13-5-3-12(4-6-13)11-22-24(18(25)16-2-1-9-26-16)19-23-15-8-7-14(21)10-17(15)27-19/h1-11H/b22-11-. The molecule has 0 radical (unpaired) electrons. The van der Waals surface area contributed by atoms with E-state index in [0.29, 0.717) is 15.8 Å². The molecule has 4 aromatic rings. The van der Waals surface area contributed by atoms with Crippen LogP contribution in [0.3, 0.4) is 0 Å². The van der Waals surface area contributed by atoms with Gasteiger partial charge in [-0.05, 0) is 48.0 Å². The molecular weight excluding hydrogens is 372 g/mol. The largest absolute Gasteiger partial charge is 0.459 e. The minimum atomic E-state index is -0.530. The van der Waals surface area contributed by atoms with Crippen LogP contribution < -0.4 is 5.01 Å². The van der Waals surface area contributed by atoms with Gasteiger partial charge < -0.3 is 4.42 Å². The Balaban J connectivity index is 1.74. The van der Waals surface area contributed by atoms with Crippen molar-refractivity contribution in [3.8, 4) is 0 Å². The van der Waals surface area contributed by atoms with Gasteiger partial charge in [-0.3, -0.25) is 4.79 Å². The van der Waals surface area contributed by atoms with Gasteiger partial charge in [0.1, 0.15) is 11.6 Å². The van der Waals surface area contributed by atoms with Crippen LogP contribution in [0.15, 0.2) is 70.4 Å². The van der Waals surface area contributed by atoms with Crippen LogP contribution in [0.4, 0.5) is 13.9 Å². The van der Waals surface area contributed by atoms with Crippen LogP contribution in [-0.4, -0.2) is 17.1 Å². The fraction of sp³-hybridized carbons (Fsp3) is 0. The van der Waals surface area contributed by atoms with E-state index in [0.717, 1.165) is 16.3 Å². The summed E-state index contributed by atoms with van der Waals surface area (Å²) in [6.07, 6.45) is 2.79. The lowest BCUT2D eigenvalue weighted by atomic mass is 10.2. The van der Waals surface area contributed by atoms with Crippen molar-refractivity contribution >= 4 is 38.8 Å². The van der Waals surface area contributed by atoms with Crippen LogP contribution >= 0.6 is 11.3 Å². The van der Waals surface area contributed by atoms with E-state index in [1.165, 1.54) is 61.0 Å².